The van der Waals surface area contributed by atoms with Crippen LogP contribution in [-0.4, -0.2) is 41.6 Å². The number of aryl methyl sites for hydroxylation is 1. The Hall–Kier alpha value is -2.89. The molecule has 0 fully saturated rings. The minimum absolute atomic E-state index is 0.0158. The highest BCUT2D eigenvalue weighted by molar-refractivity contribution is 7.99. The van der Waals surface area contributed by atoms with Gasteiger partial charge in [-0.1, -0.05) is 23.9 Å². The molecule has 0 bridgehead atoms. The topological polar surface area (TPSA) is 127 Å². The highest BCUT2D eigenvalue weighted by Crippen LogP contribution is 2.32. The highest BCUT2D eigenvalue weighted by atomic mass is 32.2. The molecule has 162 valence electrons. The molecule has 4 rings (SSSR count). The number of nitrogens with zero attached hydrogens (tertiary/aromatic N) is 3. The summed E-state index contributed by atoms with van der Waals surface area (Å²) in [6.45, 7) is 1.84. The molecule has 2 heterocycles. The van der Waals surface area contributed by atoms with E-state index < -0.39 is 10.0 Å². The Kier molecular flexibility index (Phi) is 5.50. The van der Waals surface area contributed by atoms with E-state index in [1.54, 1.807) is 28.6 Å². The number of sulfonamides is 1. The molecule has 0 aliphatic carbocycles. The Labute approximate surface area is 183 Å². The van der Waals surface area contributed by atoms with Crippen molar-refractivity contribution in [1.82, 2.24) is 9.55 Å². The van der Waals surface area contributed by atoms with Gasteiger partial charge in [-0.2, -0.15) is 0 Å². The van der Waals surface area contributed by atoms with Crippen molar-refractivity contribution in [3.05, 3.63) is 42.5 Å². The normalized spacial score (nSPS) is 16.7. The van der Waals surface area contributed by atoms with Crippen LogP contribution in [0.5, 0.6) is 0 Å². The number of nitrogens with two attached hydrogens (primary N) is 1. The van der Waals surface area contributed by atoms with Gasteiger partial charge in [0, 0.05) is 19.5 Å². The zero-order chi connectivity index (χ0) is 22.3. The van der Waals surface area contributed by atoms with E-state index >= 15 is 0 Å². The summed E-state index contributed by atoms with van der Waals surface area (Å²) in [5, 5.41) is 8.61. The minimum atomic E-state index is -3.83. The standard InChI is InChI=1S/C20H21N5O4S2/c1-12-9-18(26)22-14-5-3-4-6-17(14)25(12)19(27)11-30-20-23-15-10-13(31(21,28)29)7-8-16(15)24(20)2/h3-8,10,12H,9,11H2,1-2H3,(H,22,26)(H2,21,28,29)/t12-/m0/s1. The first-order valence-electron chi connectivity index (χ1n) is 9.48. The predicted octanol–water partition coefficient (Wildman–Crippen LogP) is 2.08. The van der Waals surface area contributed by atoms with E-state index in [1.165, 1.54) is 23.9 Å². The number of thioether (sulfide) groups is 1. The fourth-order valence-corrected chi connectivity index (χ4v) is 5.01. The quantitative estimate of drug-likeness (QED) is 0.575. The fraction of sp³-hybridized carbons (Fsp3) is 0.250. The molecule has 1 aliphatic heterocycles. The molecule has 9 nitrogen and oxygen atoms in total. The lowest BCUT2D eigenvalue weighted by Gasteiger charge is -2.27. The molecule has 0 spiro atoms. The van der Waals surface area contributed by atoms with Crippen LogP contribution >= 0.6 is 11.8 Å². The van der Waals surface area contributed by atoms with E-state index in [4.69, 9.17) is 5.14 Å². The predicted molar refractivity (Wildman–Crippen MR) is 119 cm³/mol. The zero-order valence-electron chi connectivity index (χ0n) is 16.9. The van der Waals surface area contributed by atoms with Gasteiger partial charge in [0.05, 0.1) is 33.1 Å². The molecule has 1 atom stereocenters. The smallest absolute Gasteiger partial charge is 0.238 e. The van der Waals surface area contributed by atoms with Crippen LogP contribution in [0.1, 0.15) is 13.3 Å². The maximum atomic E-state index is 13.1. The van der Waals surface area contributed by atoms with Crippen molar-refractivity contribution < 1.29 is 18.0 Å². The number of para-hydroxylation sites is 2. The van der Waals surface area contributed by atoms with E-state index in [0.29, 0.717) is 22.0 Å². The monoisotopic (exact) mass is 459 g/mol. The summed E-state index contributed by atoms with van der Waals surface area (Å²) >= 11 is 1.25. The maximum absolute atomic E-state index is 13.1. The van der Waals surface area contributed by atoms with Crippen molar-refractivity contribution in [2.45, 2.75) is 29.4 Å². The first-order valence-corrected chi connectivity index (χ1v) is 12.0. The fourth-order valence-electron chi connectivity index (χ4n) is 3.63. The van der Waals surface area contributed by atoms with Crippen molar-refractivity contribution in [3.8, 4) is 0 Å². The molecule has 3 N–H and O–H groups in total. The lowest BCUT2D eigenvalue weighted by atomic mass is 10.2. The molecule has 1 aromatic heterocycles. The number of imidazole rings is 1. The molecule has 2 aromatic carbocycles. The number of carbonyl (C=O) groups excluding carboxylic acids is 2. The number of hydrogen-bond donors (Lipinski definition) is 2. The van der Waals surface area contributed by atoms with Gasteiger partial charge in [-0.15, -0.1) is 0 Å². The zero-order valence-corrected chi connectivity index (χ0v) is 18.5. The lowest BCUT2D eigenvalue weighted by Crippen LogP contribution is -2.40. The van der Waals surface area contributed by atoms with E-state index in [0.717, 1.165) is 5.52 Å². The molecular weight excluding hydrogens is 438 g/mol. The van der Waals surface area contributed by atoms with Crippen molar-refractivity contribution >= 4 is 56.0 Å². The second kappa shape index (κ2) is 7.98. The van der Waals surface area contributed by atoms with Crippen LogP contribution in [0.4, 0.5) is 11.4 Å². The van der Waals surface area contributed by atoms with Crippen molar-refractivity contribution in [2.24, 2.45) is 12.2 Å². The van der Waals surface area contributed by atoms with Gasteiger partial charge < -0.3 is 14.8 Å². The Morgan fingerprint density at radius 3 is 2.77 bits per heavy atom. The third-order valence-corrected chi connectivity index (χ3v) is 7.02. The second-order valence-electron chi connectivity index (χ2n) is 7.32. The Bertz CT molecular complexity index is 1300. The SMILES string of the molecule is C[C@H]1CC(=O)Nc2ccccc2N1C(=O)CSc1nc2cc(S(N)(=O)=O)ccc2n1C. The Morgan fingerprint density at radius 2 is 2.03 bits per heavy atom. The molecule has 0 unspecified atom stereocenters. The number of rotatable bonds is 4. The first kappa shape index (κ1) is 21.3. The average molecular weight is 460 g/mol. The van der Waals surface area contributed by atoms with Crippen LogP contribution in [0.15, 0.2) is 52.5 Å². The second-order valence-corrected chi connectivity index (χ2v) is 9.82. The number of hydrogen-bond acceptors (Lipinski definition) is 6. The summed E-state index contributed by atoms with van der Waals surface area (Å²) in [7, 11) is -2.03. The Balaban J connectivity index is 1.59. The largest absolute Gasteiger partial charge is 0.324 e. The summed E-state index contributed by atoms with van der Waals surface area (Å²) in [6, 6.07) is 11.4. The molecule has 0 saturated heterocycles. The van der Waals surface area contributed by atoms with E-state index in [1.807, 2.05) is 25.1 Å². The van der Waals surface area contributed by atoms with Gasteiger partial charge in [0.1, 0.15) is 0 Å². The van der Waals surface area contributed by atoms with Crippen LogP contribution in [-0.2, 0) is 26.7 Å². The van der Waals surface area contributed by atoms with Crippen LogP contribution in [0, 0.1) is 0 Å². The van der Waals surface area contributed by atoms with Gasteiger partial charge >= 0.3 is 0 Å². The number of amides is 2. The number of carbonyl (C=O) groups is 2. The van der Waals surface area contributed by atoms with E-state index in [2.05, 4.69) is 10.3 Å². The maximum Gasteiger partial charge on any atom is 0.238 e. The number of fused-ring (bicyclic) bond motifs is 2. The van der Waals surface area contributed by atoms with Crippen LogP contribution in [0.3, 0.4) is 0 Å². The first-order chi connectivity index (χ1) is 14.6. The molecule has 0 saturated carbocycles. The molecule has 2 amide bonds. The van der Waals surface area contributed by atoms with Gasteiger partial charge in [-0.05, 0) is 37.3 Å². The van der Waals surface area contributed by atoms with Gasteiger partial charge in [0.2, 0.25) is 21.8 Å². The van der Waals surface area contributed by atoms with Crippen molar-refractivity contribution in [1.29, 1.82) is 0 Å². The average Bonchev–Trinajstić information content (AvgIpc) is 2.94. The third-order valence-electron chi connectivity index (χ3n) is 5.09. The molecule has 11 heteroatoms. The summed E-state index contributed by atoms with van der Waals surface area (Å²) in [6.07, 6.45) is 0.202. The summed E-state index contributed by atoms with van der Waals surface area (Å²) in [4.78, 5) is 31.4. The number of benzene rings is 2. The van der Waals surface area contributed by atoms with Crippen molar-refractivity contribution in [2.75, 3.05) is 16.0 Å². The van der Waals surface area contributed by atoms with Crippen LogP contribution in [0.25, 0.3) is 11.0 Å². The number of aromatic nitrogens is 2. The van der Waals surface area contributed by atoms with Gasteiger partial charge in [-0.25, -0.2) is 18.5 Å². The molecule has 31 heavy (non-hydrogen) atoms. The van der Waals surface area contributed by atoms with Gasteiger partial charge in [0.25, 0.3) is 0 Å². The number of anilines is 2. The molecule has 1 aliphatic rings. The summed E-state index contributed by atoms with van der Waals surface area (Å²) < 4.78 is 25.0. The van der Waals surface area contributed by atoms with Gasteiger partial charge in [0.15, 0.2) is 5.16 Å². The van der Waals surface area contributed by atoms with Crippen molar-refractivity contribution in [3.63, 3.8) is 0 Å². The van der Waals surface area contributed by atoms with E-state index in [9.17, 15) is 18.0 Å². The minimum Gasteiger partial charge on any atom is -0.324 e. The van der Waals surface area contributed by atoms with Crippen LogP contribution < -0.4 is 15.4 Å². The number of nitrogens with one attached hydrogen (secondary N) is 1. The molecular formula is C20H21N5O4S2. The van der Waals surface area contributed by atoms with Gasteiger partial charge in [-0.3, -0.25) is 9.59 Å². The van der Waals surface area contributed by atoms with E-state index in [-0.39, 0.29) is 34.9 Å². The lowest BCUT2D eigenvalue weighted by molar-refractivity contribution is -0.117. The number of primary sulfonamides is 1. The highest BCUT2D eigenvalue weighted by Gasteiger charge is 2.29. The molecule has 0 radical (unpaired) electrons. The molecule has 3 aromatic rings. The summed E-state index contributed by atoms with van der Waals surface area (Å²) in [5.74, 6) is -0.186. The van der Waals surface area contributed by atoms with Crippen LogP contribution in [0.2, 0.25) is 0 Å². The Morgan fingerprint density at radius 1 is 1.29 bits per heavy atom. The summed E-state index contributed by atoms with van der Waals surface area (Å²) in [5.41, 5.74) is 2.47. The third kappa shape index (κ3) is 4.16.